The second-order valence-corrected chi connectivity index (χ2v) is 10.1. The van der Waals surface area contributed by atoms with E-state index < -0.39 is 17.7 Å². The van der Waals surface area contributed by atoms with Crippen LogP contribution in [0.3, 0.4) is 0 Å². The zero-order chi connectivity index (χ0) is 27.5. The number of carbonyl (C=O) groups is 1. The van der Waals surface area contributed by atoms with Crippen molar-refractivity contribution >= 4 is 12.0 Å². The molecule has 2 aromatic carbocycles. The van der Waals surface area contributed by atoms with Crippen LogP contribution < -0.4 is 10.1 Å². The molecule has 0 bridgehead atoms. The molecule has 38 heavy (non-hydrogen) atoms. The lowest BCUT2D eigenvalue weighted by Crippen LogP contribution is -2.49. The van der Waals surface area contributed by atoms with Crippen LogP contribution in [0.4, 0.5) is 8.78 Å². The second kappa shape index (κ2) is 14.4. The Kier molecular flexibility index (Phi) is 11.3. The standard InChI is InChI=1S/C31H41F2NO4/c1-4-31(5-2,19-23-15-24-12-8-9-13-25(24)16-23)34-20-26(35)21-38-28-18-22(17-27(32)30(28)33)11-7-10-14-29(36)37-6-3/h7-9,11-13,17-18,23,26,34-35H,4-6,10,14-16,19-21H2,1-3H3/t26-/m1/s1. The summed E-state index contributed by atoms with van der Waals surface area (Å²) in [7, 11) is 0. The summed E-state index contributed by atoms with van der Waals surface area (Å²) >= 11 is 0. The maximum Gasteiger partial charge on any atom is 0.306 e. The van der Waals surface area contributed by atoms with Crippen LogP contribution in [0.1, 0.15) is 69.6 Å². The Balaban J connectivity index is 1.52. The Labute approximate surface area is 225 Å². The molecule has 2 aromatic rings. The molecule has 0 saturated heterocycles. The largest absolute Gasteiger partial charge is 0.488 e. The summed E-state index contributed by atoms with van der Waals surface area (Å²) < 4.78 is 38.9. The number of fused-ring (bicyclic) bond motifs is 1. The number of hydrogen-bond acceptors (Lipinski definition) is 5. The Bertz CT molecular complexity index is 1060. The van der Waals surface area contributed by atoms with Gasteiger partial charge in [0.05, 0.1) is 6.61 Å². The lowest BCUT2D eigenvalue weighted by atomic mass is 9.81. The van der Waals surface area contributed by atoms with E-state index in [2.05, 4.69) is 43.4 Å². The van der Waals surface area contributed by atoms with Crippen molar-refractivity contribution in [3.05, 3.63) is 70.8 Å². The second-order valence-electron chi connectivity index (χ2n) is 10.1. The van der Waals surface area contributed by atoms with Crippen molar-refractivity contribution in [1.29, 1.82) is 0 Å². The maximum atomic E-state index is 14.4. The number of aliphatic hydroxyl groups excluding tert-OH is 1. The number of carbonyl (C=O) groups excluding carboxylic acids is 1. The van der Waals surface area contributed by atoms with E-state index in [0.29, 0.717) is 31.1 Å². The first kappa shape index (κ1) is 29.8. The van der Waals surface area contributed by atoms with E-state index in [-0.39, 0.29) is 30.3 Å². The van der Waals surface area contributed by atoms with Gasteiger partial charge in [0.15, 0.2) is 11.6 Å². The molecule has 1 atom stereocenters. The Morgan fingerprint density at radius 3 is 2.47 bits per heavy atom. The quantitative estimate of drug-likeness (QED) is 0.277. The topological polar surface area (TPSA) is 67.8 Å². The van der Waals surface area contributed by atoms with Crippen LogP contribution >= 0.6 is 0 Å². The minimum Gasteiger partial charge on any atom is -0.488 e. The summed E-state index contributed by atoms with van der Waals surface area (Å²) in [4.78, 5) is 11.4. The van der Waals surface area contributed by atoms with E-state index >= 15 is 0 Å². The average molecular weight is 530 g/mol. The molecule has 2 N–H and O–H groups in total. The van der Waals surface area contributed by atoms with Gasteiger partial charge in [-0.25, -0.2) is 4.39 Å². The third-order valence-corrected chi connectivity index (χ3v) is 7.46. The van der Waals surface area contributed by atoms with Gasteiger partial charge in [0.2, 0.25) is 5.82 Å². The summed E-state index contributed by atoms with van der Waals surface area (Å²) in [6.07, 6.45) is 8.04. The van der Waals surface area contributed by atoms with E-state index in [0.717, 1.165) is 38.2 Å². The van der Waals surface area contributed by atoms with E-state index in [1.165, 1.54) is 17.2 Å². The number of esters is 1. The normalized spacial score (nSPS) is 14.6. The van der Waals surface area contributed by atoms with Crippen molar-refractivity contribution in [2.24, 2.45) is 5.92 Å². The molecule has 0 saturated carbocycles. The monoisotopic (exact) mass is 529 g/mol. The molecule has 1 aliphatic carbocycles. The molecule has 5 nitrogen and oxygen atoms in total. The Morgan fingerprint density at radius 2 is 1.84 bits per heavy atom. The molecule has 7 heteroatoms. The van der Waals surface area contributed by atoms with Gasteiger partial charge in [-0.2, -0.15) is 4.39 Å². The number of aliphatic hydroxyl groups is 1. The predicted molar refractivity (Wildman–Crippen MR) is 146 cm³/mol. The summed E-state index contributed by atoms with van der Waals surface area (Å²) in [5.74, 6) is -2.13. The van der Waals surface area contributed by atoms with Crippen LogP contribution in [0.25, 0.3) is 6.08 Å². The molecule has 0 aliphatic heterocycles. The minimum absolute atomic E-state index is 0.112. The smallest absolute Gasteiger partial charge is 0.306 e. The molecule has 0 fully saturated rings. The van der Waals surface area contributed by atoms with Gasteiger partial charge in [-0.15, -0.1) is 0 Å². The van der Waals surface area contributed by atoms with Crippen LogP contribution in [0.15, 0.2) is 42.5 Å². The zero-order valence-corrected chi connectivity index (χ0v) is 22.8. The van der Waals surface area contributed by atoms with Crippen LogP contribution in [0, 0.1) is 17.6 Å². The fourth-order valence-corrected chi connectivity index (χ4v) is 5.23. The zero-order valence-electron chi connectivity index (χ0n) is 22.8. The predicted octanol–water partition coefficient (Wildman–Crippen LogP) is 6.01. The molecule has 0 unspecified atom stereocenters. The van der Waals surface area contributed by atoms with Crippen molar-refractivity contribution in [2.75, 3.05) is 19.8 Å². The number of allylic oxidation sites excluding steroid dienone is 1. The average Bonchev–Trinajstić information content (AvgIpc) is 3.32. The van der Waals surface area contributed by atoms with E-state index in [4.69, 9.17) is 9.47 Å². The summed E-state index contributed by atoms with van der Waals surface area (Å²) in [5.41, 5.74) is 3.15. The Hall–Kier alpha value is -2.77. The van der Waals surface area contributed by atoms with Gasteiger partial charge in [-0.3, -0.25) is 4.79 Å². The molecule has 208 valence electrons. The van der Waals surface area contributed by atoms with E-state index in [1.807, 2.05) is 0 Å². The third-order valence-electron chi connectivity index (χ3n) is 7.46. The van der Waals surface area contributed by atoms with E-state index in [9.17, 15) is 18.7 Å². The fourth-order valence-electron chi connectivity index (χ4n) is 5.23. The highest BCUT2D eigenvalue weighted by molar-refractivity contribution is 5.69. The molecule has 0 heterocycles. The van der Waals surface area contributed by atoms with Crippen LogP contribution in [-0.2, 0) is 22.4 Å². The molecule has 0 spiro atoms. The number of β-amino-alcohol motifs (C(OH)–C–C–N with tert-alkyl or cyclic N) is 1. The summed E-state index contributed by atoms with van der Waals surface area (Å²) in [6, 6.07) is 11.1. The number of ether oxygens (including phenoxy) is 2. The molecule has 1 aliphatic rings. The molecule has 0 amide bonds. The van der Waals surface area contributed by atoms with Gasteiger partial charge in [0, 0.05) is 18.5 Å². The lowest BCUT2D eigenvalue weighted by molar-refractivity contribution is -0.143. The van der Waals surface area contributed by atoms with Gasteiger partial charge in [-0.1, -0.05) is 50.3 Å². The SMILES string of the molecule is CCOC(=O)CCC=Cc1cc(F)c(F)c(OC[C@H](O)CNC(CC)(CC)CC2Cc3ccccc3C2)c1. The van der Waals surface area contributed by atoms with Gasteiger partial charge < -0.3 is 19.9 Å². The molecular weight excluding hydrogens is 488 g/mol. The molecule has 0 radical (unpaired) electrons. The summed E-state index contributed by atoms with van der Waals surface area (Å²) in [5, 5.41) is 14.2. The first-order valence-corrected chi connectivity index (χ1v) is 13.7. The van der Waals surface area contributed by atoms with Crippen molar-refractivity contribution in [3.8, 4) is 5.75 Å². The third kappa shape index (κ3) is 8.37. The van der Waals surface area contributed by atoms with Gasteiger partial charge in [0.1, 0.15) is 12.7 Å². The van der Waals surface area contributed by atoms with Crippen LogP contribution in [-0.4, -0.2) is 42.5 Å². The summed E-state index contributed by atoms with van der Waals surface area (Å²) in [6.45, 7) is 6.50. The van der Waals surface area contributed by atoms with Crippen LogP contribution in [0.2, 0.25) is 0 Å². The minimum atomic E-state index is -1.09. The van der Waals surface area contributed by atoms with Crippen LogP contribution in [0.5, 0.6) is 5.75 Å². The van der Waals surface area contributed by atoms with Crippen molar-refractivity contribution < 1.29 is 28.2 Å². The first-order chi connectivity index (χ1) is 18.3. The molecule has 0 aromatic heterocycles. The molecule has 3 rings (SSSR count). The molecular formula is C31H41F2NO4. The number of nitrogens with one attached hydrogen (secondary N) is 1. The van der Waals surface area contributed by atoms with Crippen molar-refractivity contribution in [2.45, 2.75) is 77.4 Å². The van der Waals surface area contributed by atoms with Gasteiger partial charge >= 0.3 is 5.97 Å². The van der Waals surface area contributed by atoms with Crippen molar-refractivity contribution in [1.82, 2.24) is 5.32 Å². The maximum absolute atomic E-state index is 14.4. The first-order valence-electron chi connectivity index (χ1n) is 13.7. The number of benzene rings is 2. The van der Waals surface area contributed by atoms with Gasteiger partial charge in [0.25, 0.3) is 0 Å². The van der Waals surface area contributed by atoms with Gasteiger partial charge in [-0.05, 0) is 80.2 Å². The highest BCUT2D eigenvalue weighted by Gasteiger charge is 2.32. The number of hydrogen-bond donors (Lipinski definition) is 2. The van der Waals surface area contributed by atoms with Crippen molar-refractivity contribution in [3.63, 3.8) is 0 Å². The highest BCUT2D eigenvalue weighted by atomic mass is 19.2. The Morgan fingerprint density at radius 1 is 1.16 bits per heavy atom. The van der Waals surface area contributed by atoms with E-state index in [1.54, 1.807) is 19.1 Å². The number of rotatable bonds is 15. The lowest BCUT2D eigenvalue weighted by Gasteiger charge is -2.36. The number of halogens is 2. The highest BCUT2D eigenvalue weighted by Crippen LogP contribution is 2.34. The fraction of sp³-hybridized carbons (Fsp3) is 0.516.